The van der Waals surface area contributed by atoms with E-state index in [0.717, 1.165) is 36.0 Å². The molecule has 0 bridgehead atoms. The molecule has 0 amide bonds. The fourth-order valence-corrected chi connectivity index (χ4v) is 3.15. The number of unbranched alkanes of at least 4 members (excludes halogenated alkanes) is 2. The second-order valence-corrected chi connectivity index (χ2v) is 7.19. The van der Waals surface area contributed by atoms with Gasteiger partial charge in [0.15, 0.2) is 5.78 Å². The van der Waals surface area contributed by atoms with Crippen molar-refractivity contribution >= 4 is 20.9 Å². The molecule has 0 fully saturated rings. The molecule has 0 saturated heterocycles. The molecular formula is C21H35O4P. The molecule has 0 spiro atoms. The molecule has 26 heavy (non-hydrogen) atoms. The van der Waals surface area contributed by atoms with Crippen LogP contribution >= 0.6 is 9.12 Å². The van der Waals surface area contributed by atoms with Crippen LogP contribution in [0.5, 0.6) is 0 Å². The molecule has 0 aliphatic carbocycles. The molecule has 0 heterocycles. The van der Waals surface area contributed by atoms with Gasteiger partial charge < -0.3 is 9.30 Å². The SMILES string of the molecule is CCCCCOC(=O)C(CC(C)C)C(=O)c1c(C)cc(C)cc1C.O=[PH3]. The summed E-state index contributed by atoms with van der Waals surface area (Å²) in [5.41, 5.74) is 3.68. The van der Waals surface area contributed by atoms with Crippen molar-refractivity contribution in [1.29, 1.82) is 0 Å². The molecule has 5 heteroatoms. The molecule has 0 N–H and O–H groups in total. The van der Waals surface area contributed by atoms with E-state index in [1.54, 1.807) is 0 Å². The average molecular weight is 382 g/mol. The van der Waals surface area contributed by atoms with Gasteiger partial charge in [0.1, 0.15) is 5.92 Å². The molecule has 1 aromatic rings. The van der Waals surface area contributed by atoms with Crippen LogP contribution in [0.2, 0.25) is 0 Å². The summed E-state index contributed by atoms with van der Waals surface area (Å²) in [6.07, 6.45) is 3.49. The van der Waals surface area contributed by atoms with Gasteiger partial charge in [0.2, 0.25) is 0 Å². The minimum atomic E-state index is -0.702. The molecule has 4 nitrogen and oxygen atoms in total. The number of hydrogen-bond donors (Lipinski definition) is 0. The molecule has 2 atom stereocenters. The lowest BCUT2D eigenvalue weighted by atomic mass is 9.85. The number of ether oxygens (including phenoxy) is 1. The van der Waals surface area contributed by atoms with Crippen LogP contribution in [0.3, 0.4) is 0 Å². The summed E-state index contributed by atoms with van der Waals surface area (Å²) in [4.78, 5) is 25.6. The van der Waals surface area contributed by atoms with Crippen molar-refractivity contribution in [2.75, 3.05) is 6.61 Å². The van der Waals surface area contributed by atoms with E-state index in [2.05, 4.69) is 6.92 Å². The summed E-state index contributed by atoms with van der Waals surface area (Å²) in [5.74, 6) is -0.914. The zero-order chi connectivity index (χ0) is 20.3. The summed E-state index contributed by atoms with van der Waals surface area (Å²) < 4.78 is 13.7. The Morgan fingerprint density at radius 2 is 1.58 bits per heavy atom. The Morgan fingerprint density at radius 1 is 1.04 bits per heavy atom. The van der Waals surface area contributed by atoms with Crippen LogP contribution < -0.4 is 0 Å². The van der Waals surface area contributed by atoms with Gasteiger partial charge in [-0.2, -0.15) is 0 Å². The van der Waals surface area contributed by atoms with Crippen LogP contribution in [-0.2, 0) is 14.1 Å². The second-order valence-electron chi connectivity index (χ2n) is 7.19. The van der Waals surface area contributed by atoms with Crippen LogP contribution in [-0.4, -0.2) is 18.4 Å². The number of esters is 1. The monoisotopic (exact) mass is 382 g/mol. The lowest BCUT2D eigenvalue weighted by Gasteiger charge is -2.19. The maximum atomic E-state index is 13.1. The number of benzene rings is 1. The second kappa shape index (κ2) is 12.9. The first kappa shape index (κ1) is 24.6. The first-order valence-electron chi connectivity index (χ1n) is 9.35. The highest BCUT2D eigenvalue weighted by Gasteiger charge is 2.31. The Hall–Kier alpha value is -1.41. The van der Waals surface area contributed by atoms with Crippen molar-refractivity contribution < 1.29 is 18.9 Å². The highest BCUT2D eigenvalue weighted by molar-refractivity contribution is 7.00. The molecule has 2 unspecified atom stereocenters. The van der Waals surface area contributed by atoms with Crippen molar-refractivity contribution in [1.82, 2.24) is 0 Å². The van der Waals surface area contributed by atoms with Crippen LogP contribution in [0.4, 0.5) is 0 Å². The Balaban J connectivity index is 0.00000301. The number of Topliss-reactive ketones (excluding diaryl/α,β-unsaturated/α-hetero) is 1. The zero-order valence-electron chi connectivity index (χ0n) is 17.2. The first-order chi connectivity index (χ1) is 12.3. The zero-order valence-corrected chi connectivity index (χ0v) is 18.6. The van der Waals surface area contributed by atoms with Crippen molar-refractivity contribution in [3.05, 3.63) is 34.4 Å². The topological polar surface area (TPSA) is 60.4 Å². The Bertz CT molecular complexity index is 573. The number of carbonyl (C=O) groups excluding carboxylic acids is 2. The number of aryl methyl sites for hydroxylation is 3. The van der Waals surface area contributed by atoms with E-state index in [1.165, 1.54) is 0 Å². The number of hydrogen-bond acceptors (Lipinski definition) is 4. The minimum Gasteiger partial charge on any atom is -0.465 e. The standard InChI is InChI=1S/C21H32O3.H3OP/c1-7-8-9-10-24-21(23)18(11-14(2)3)20(22)19-16(5)12-15(4)13-17(19)6;1-2/h12-14,18H,7-11H2,1-6H3;2H3. The van der Waals surface area contributed by atoms with E-state index in [9.17, 15) is 9.59 Å². The average Bonchev–Trinajstić information content (AvgIpc) is 2.57. The van der Waals surface area contributed by atoms with Gasteiger partial charge in [-0.3, -0.25) is 9.59 Å². The minimum absolute atomic E-state index is 0.0980. The van der Waals surface area contributed by atoms with Gasteiger partial charge in [0, 0.05) is 5.56 Å². The summed E-state index contributed by atoms with van der Waals surface area (Å²) in [5, 5.41) is 0. The van der Waals surface area contributed by atoms with Crippen LogP contribution in [0.15, 0.2) is 12.1 Å². The van der Waals surface area contributed by atoms with E-state index < -0.39 is 5.92 Å². The summed E-state index contributed by atoms with van der Waals surface area (Å²) in [6, 6.07) is 4.00. The van der Waals surface area contributed by atoms with E-state index in [-0.39, 0.29) is 17.7 Å². The Kier molecular flexibility index (Phi) is 12.2. The molecule has 1 rings (SSSR count). The van der Waals surface area contributed by atoms with Crippen LogP contribution in [0, 0.1) is 32.6 Å². The fraction of sp³-hybridized carbons (Fsp3) is 0.619. The molecule has 148 valence electrons. The summed E-state index contributed by atoms with van der Waals surface area (Å²) in [6.45, 7) is 12.5. The van der Waals surface area contributed by atoms with Gasteiger partial charge in [-0.25, -0.2) is 0 Å². The molecular weight excluding hydrogens is 347 g/mol. The van der Waals surface area contributed by atoms with Crippen LogP contribution in [0.25, 0.3) is 0 Å². The third kappa shape index (κ3) is 7.86. The Morgan fingerprint density at radius 3 is 2.04 bits per heavy atom. The first-order valence-corrected chi connectivity index (χ1v) is 9.93. The maximum absolute atomic E-state index is 13.1. The predicted octanol–water partition coefficient (Wildman–Crippen LogP) is 5.13. The predicted molar refractivity (Wildman–Crippen MR) is 110 cm³/mol. The maximum Gasteiger partial charge on any atom is 0.316 e. The smallest absolute Gasteiger partial charge is 0.316 e. The Labute approximate surface area is 160 Å². The van der Waals surface area contributed by atoms with Crippen molar-refractivity contribution in [3.8, 4) is 0 Å². The lowest BCUT2D eigenvalue weighted by molar-refractivity contribution is -0.147. The van der Waals surface area contributed by atoms with Crippen molar-refractivity contribution in [3.63, 3.8) is 0 Å². The van der Waals surface area contributed by atoms with Gasteiger partial charge >= 0.3 is 5.97 Å². The largest absolute Gasteiger partial charge is 0.465 e. The van der Waals surface area contributed by atoms with Crippen molar-refractivity contribution in [2.45, 2.75) is 67.2 Å². The van der Waals surface area contributed by atoms with Gasteiger partial charge in [0.25, 0.3) is 0 Å². The highest BCUT2D eigenvalue weighted by Crippen LogP contribution is 2.24. The summed E-state index contributed by atoms with van der Waals surface area (Å²) in [7, 11) is 0.611. The van der Waals surface area contributed by atoms with E-state index in [0.29, 0.717) is 27.7 Å². The number of rotatable bonds is 9. The quantitative estimate of drug-likeness (QED) is 0.195. The van der Waals surface area contributed by atoms with Crippen molar-refractivity contribution in [2.24, 2.45) is 11.8 Å². The van der Waals surface area contributed by atoms with E-state index in [1.807, 2.05) is 46.8 Å². The van der Waals surface area contributed by atoms with Gasteiger partial charge in [-0.15, -0.1) is 0 Å². The molecule has 1 aromatic carbocycles. The number of ketones is 1. The third-order valence-corrected chi connectivity index (χ3v) is 4.22. The van der Waals surface area contributed by atoms with Crippen LogP contribution in [0.1, 0.15) is 73.5 Å². The highest BCUT2D eigenvalue weighted by atomic mass is 31.0. The fourth-order valence-electron chi connectivity index (χ4n) is 3.15. The molecule has 0 aliphatic rings. The number of carbonyl (C=O) groups is 2. The summed E-state index contributed by atoms with van der Waals surface area (Å²) >= 11 is 0. The van der Waals surface area contributed by atoms with Gasteiger partial charge in [0.05, 0.1) is 15.7 Å². The van der Waals surface area contributed by atoms with Gasteiger partial charge in [-0.1, -0.05) is 51.3 Å². The molecule has 0 saturated carbocycles. The van der Waals surface area contributed by atoms with Gasteiger partial charge in [-0.05, 0) is 50.7 Å². The third-order valence-electron chi connectivity index (χ3n) is 4.22. The molecule has 0 aromatic heterocycles. The van der Waals surface area contributed by atoms with E-state index in [4.69, 9.17) is 9.30 Å². The van der Waals surface area contributed by atoms with E-state index >= 15 is 0 Å². The molecule has 0 aliphatic heterocycles. The molecule has 0 radical (unpaired) electrons. The normalized spacial score (nSPS) is 11.7. The lowest BCUT2D eigenvalue weighted by Crippen LogP contribution is -2.29.